The highest BCUT2D eigenvalue weighted by atomic mass is 19.4. The van der Waals surface area contributed by atoms with Crippen molar-refractivity contribution in [3.05, 3.63) is 29.8 Å². The number of amides is 1. The number of hydrogen-bond acceptors (Lipinski definition) is 2. The summed E-state index contributed by atoms with van der Waals surface area (Å²) in [5.41, 5.74) is 0.371. The molecule has 0 bridgehead atoms. The molecular weight excluding hydrogens is 316 g/mol. The van der Waals surface area contributed by atoms with Crippen LogP contribution in [0.3, 0.4) is 0 Å². The number of hydrogen-bond donors (Lipinski definition) is 0. The van der Waals surface area contributed by atoms with Crippen molar-refractivity contribution in [2.75, 3.05) is 11.5 Å². The number of para-hydroxylation sites is 1. The Hall–Kier alpha value is -1.93. The summed E-state index contributed by atoms with van der Waals surface area (Å²) >= 11 is 0. The first kappa shape index (κ1) is 16.4. The topological polar surface area (TPSA) is 29.5 Å². The molecule has 2 rings (SSSR count). The summed E-state index contributed by atoms with van der Waals surface area (Å²) in [4.78, 5) is 12.0. The number of aryl methyl sites for hydroxylation is 1. The summed E-state index contributed by atoms with van der Waals surface area (Å²) in [5, 5.41) is 0. The van der Waals surface area contributed by atoms with Gasteiger partial charge in [0.05, 0.1) is 5.69 Å². The predicted molar refractivity (Wildman–Crippen MR) is 64.5 cm³/mol. The molecule has 1 aliphatic rings. The average molecular weight is 327 g/mol. The Balaban J connectivity index is 2.31. The Morgan fingerprint density at radius 3 is 2.41 bits per heavy atom. The van der Waals surface area contributed by atoms with Crippen LogP contribution in [-0.2, 0) is 11.2 Å². The molecule has 1 aliphatic heterocycles. The SMILES string of the molecule is O=C(OCC(F)(F)F)N1c2ccccc2CCC1C(F)(F)F. The zero-order valence-electron chi connectivity index (χ0n) is 11.0. The van der Waals surface area contributed by atoms with Crippen LogP contribution >= 0.6 is 0 Å². The van der Waals surface area contributed by atoms with Crippen LogP contribution in [0.25, 0.3) is 0 Å². The van der Waals surface area contributed by atoms with Gasteiger partial charge >= 0.3 is 18.4 Å². The number of ether oxygens (including phenoxy) is 1. The molecule has 9 heteroatoms. The quantitative estimate of drug-likeness (QED) is 0.728. The minimum atomic E-state index is -4.81. The maximum absolute atomic E-state index is 13.0. The summed E-state index contributed by atoms with van der Waals surface area (Å²) in [5.74, 6) is 0. The van der Waals surface area contributed by atoms with Crippen molar-refractivity contribution in [3.8, 4) is 0 Å². The van der Waals surface area contributed by atoms with Gasteiger partial charge in [-0.1, -0.05) is 18.2 Å². The number of fused-ring (bicyclic) bond motifs is 1. The van der Waals surface area contributed by atoms with Crippen molar-refractivity contribution < 1.29 is 35.9 Å². The average Bonchev–Trinajstić information content (AvgIpc) is 2.41. The first-order chi connectivity index (χ1) is 10.1. The third-order valence-electron chi connectivity index (χ3n) is 3.18. The van der Waals surface area contributed by atoms with Gasteiger partial charge in [0.1, 0.15) is 6.04 Å². The van der Waals surface area contributed by atoms with E-state index < -0.39 is 37.5 Å². The van der Waals surface area contributed by atoms with Gasteiger partial charge in [-0.05, 0) is 24.5 Å². The molecule has 0 saturated carbocycles. The van der Waals surface area contributed by atoms with E-state index in [4.69, 9.17) is 0 Å². The number of anilines is 1. The number of nitrogens with zero attached hydrogens (tertiary/aromatic N) is 1. The lowest BCUT2D eigenvalue weighted by Gasteiger charge is -2.37. The number of benzene rings is 1. The van der Waals surface area contributed by atoms with Gasteiger partial charge in [0.25, 0.3) is 0 Å². The van der Waals surface area contributed by atoms with Gasteiger partial charge in [-0.2, -0.15) is 26.3 Å². The summed E-state index contributed by atoms with van der Waals surface area (Å²) in [6.07, 6.45) is -11.6. The highest BCUT2D eigenvalue weighted by Crippen LogP contribution is 2.38. The summed E-state index contributed by atoms with van der Waals surface area (Å²) in [6, 6.07) is 3.55. The van der Waals surface area contributed by atoms with Crippen LogP contribution in [-0.4, -0.2) is 31.1 Å². The van der Waals surface area contributed by atoms with Crippen LogP contribution in [0.1, 0.15) is 12.0 Å². The van der Waals surface area contributed by atoms with Gasteiger partial charge < -0.3 is 4.74 Å². The lowest BCUT2D eigenvalue weighted by molar-refractivity contribution is -0.163. The molecule has 1 atom stereocenters. The number of alkyl halides is 6. The fourth-order valence-electron chi connectivity index (χ4n) is 2.30. The zero-order valence-corrected chi connectivity index (χ0v) is 11.0. The van der Waals surface area contributed by atoms with E-state index in [9.17, 15) is 31.1 Å². The second-order valence-electron chi connectivity index (χ2n) is 4.76. The largest absolute Gasteiger partial charge is 0.439 e. The Bertz CT molecular complexity index is 554. The molecule has 1 amide bonds. The molecule has 1 heterocycles. The van der Waals surface area contributed by atoms with E-state index in [2.05, 4.69) is 4.74 Å². The van der Waals surface area contributed by atoms with Crippen LogP contribution in [0.15, 0.2) is 24.3 Å². The molecule has 22 heavy (non-hydrogen) atoms. The van der Waals surface area contributed by atoms with Crippen LogP contribution in [0.5, 0.6) is 0 Å². The van der Waals surface area contributed by atoms with Crippen molar-refractivity contribution in [2.24, 2.45) is 0 Å². The monoisotopic (exact) mass is 327 g/mol. The van der Waals surface area contributed by atoms with Crippen molar-refractivity contribution >= 4 is 11.8 Å². The van der Waals surface area contributed by atoms with Crippen LogP contribution in [0.4, 0.5) is 36.8 Å². The van der Waals surface area contributed by atoms with E-state index in [0.29, 0.717) is 5.56 Å². The molecule has 122 valence electrons. The minimum absolute atomic E-state index is 0.0728. The third kappa shape index (κ3) is 3.63. The fraction of sp³-hybridized carbons (Fsp3) is 0.462. The van der Waals surface area contributed by atoms with E-state index in [1.807, 2.05) is 0 Å². The normalized spacial score (nSPS) is 18.8. The maximum atomic E-state index is 13.0. The number of carbonyl (C=O) groups is 1. The molecule has 1 aromatic rings. The molecule has 0 fully saturated rings. The van der Waals surface area contributed by atoms with Crippen molar-refractivity contribution in [1.29, 1.82) is 0 Å². The Kier molecular flexibility index (Phi) is 4.25. The maximum Gasteiger partial charge on any atom is 0.422 e. The van der Waals surface area contributed by atoms with Crippen LogP contribution in [0.2, 0.25) is 0 Å². The highest BCUT2D eigenvalue weighted by molar-refractivity contribution is 5.90. The molecule has 0 aliphatic carbocycles. The summed E-state index contributed by atoms with van der Waals surface area (Å²) in [7, 11) is 0. The molecule has 0 N–H and O–H groups in total. The first-order valence-corrected chi connectivity index (χ1v) is 6.27. The number of carbonyl (C=O) groups excluding carboxylic acids is 1. The van der Waals surface area contributed by atoms with Gasteiger partial charge in [-0.25, -0.2) is 4.79 Å². The van der Waals surface area contributed by atoms with Gasteiger partial charge in [-0.15, -0.1) is 0 Å². The lowest BCUT2D eigenvalue weighted by atomic mass is 9.96. The first-order valence-electron chi connectivity index (χ1n) is 6.27. The molecular formula is C13H11F6NO2. The highest BCUT2D eigenvalue weighted by Gasteiger charge is 2.49. The standard InChI is InChI=1S/C13H11F6NO2/c14-12(15,16)7-22-11(21)20-9-4-2-1-3-8(9)5-6-10(20)13(17,18)19/h1-4,10H,5-7H2. The molecule has 3 nitrogen and oxygen atoms in total. The van der Waals surface area contributed by atoms with Crippen molar-refractivity contribution in [3.63, 3.8) is 0 Å². The Morgan fingerprint density at radius 1 is 1.18 bits per heavy atom. The lowest BCUT2D eigenvalue weighted by Crippen LogP contribution is -2.52. The minimum Gasteiger partial charge on any atom is -0.439 e. The second kappa shape index (κ2) is 5.69. The van der Waals surface area contributed by atoms with E-state index in [1.54, 1.807) is 6.07 Å². The molecule has 1 aromatic carbocycles. The molecule has 0 aromatic heterocycles. The van der Waals surface area contributed by atoms with Crippen molar-refractivity contribution in [1.82, 2.24) is 0 Å². The molecule has 1 unspecified atom stereocenters. The summed E-state index contributed by atoms with van der Waals surface area (Å²) in [6.45, 7) is -1.94. The smallest absolute Gasteiger partial charge is 0.422 e. The van der Waals surface area contributed by atoms with Crippen molar-refractivity contribution in [2.45, 2.75) is 31.2 Å². The van der Waals surface area contributed by atoms with Gasteiger partial charge in [0, 0.05) is 0 Å². The van der Waals surface area contributed by atoms with E-state index in [0.717, 1.165) is 0 Å². The number of halogens is 6. The van der Waals surface area contributed by atoms with E-state index in [1.165, 1.54) is 18.2 Å². The fourth-order valence-corrected chi connectivity index (χ4v) is 2.30. The van der Waals surface area contributed by atoms with Gasteiger partial charge in [-0.3, -0.25) is 4.90 Å². The zero-order chi connectivity index (χ0) is 16.5. The van der Waals surface area contributed by atoms with Crippen LogP contribution < -0.4 is 4.90 Å². The van der Waals surface area contributed by atoms with Crippen LogP contribution in [0, 0.1) is 0 Å². The molecule has 0 spiro atoms. The Labute approximate surface area is 121 Å². The summed E-state index contributed by atoms with van der Waals surface area (Å²) < 4.78 is 79.4. The number of rotatable bonds is 1. The van der Waals surface area contributed by atoms with E-state index >= 15 is 0 Å². The van der Waals surface area contributed by atoms with Gasteiger partial charge in [0.2, 0.25) is 0 Å². The molecule has 0 radical (unpaired) electrons. The second-order valence-corrected chi connectivity index (χ2v) is 4.76. The Morgan fingerprint density at radius 2 is 1.82 bits per heavy atom. The van der Waals surface area contributed by atoms with Gasteiger partial charge in [0.15, 0.2) is 6.61 Å². The third-order valence-corrected chi connectivity index (χ3v) is 3.18. The predicted octanol–water partition coefficient (Wildman–Crippen LogP) is 4.07. The molecule has 0 saturated heterocycles. The van der Waals surface area contributed by atoms with E-state index in [-0.39, 0.29) is 17.0 Å².